The molecule has 0 unspecified atom stereocenters. The summed E-state index contributed by atoms with van der Waals surface area (Å²) in [6.07, 6.45) is 8.64. The summed E-state index contributed by atoms with van der Waals surface area (Å²) in [5, 5.41) is 9.31. The molecule has 2 heteroatoms. The molecule has 122 valence electrons. The van der Waals surface area contributed by atoms with Gasteiger partial charge in [0.25, 0.3) is 0 Å². The molecule has 0 atom stereocenters. The molecule has 2 aromatic carbocycles. The lowest BCUT2D eigenvalue weighted by molar-refractivity contribution is 0.342. The van der Waals surface area contributed by atoms with Crippen molar-refractivity contribution in [2.75, 3.05) is 6.61 Å². The van der Waals surface area contributed by atoms with Gasteiger partial charge in [-0.25, -0.2) is 4.39 Å². The zero-order valence-corrected chi connectivity index (χ0v) is 13.6. The molecule has 1 N–H and O–H groups in total. The van der Waals surface area contributed by atoms with Crippen molar-refractivity contribution in [1.82, 2.24) is 0 Å². The third-order valence-electron chi connectivity index (χ3n) is 5.48. The molecular weight excluding hydrogens is 299 g/mol. The second-order valence-electron chi connectivity index (χ2n) is 6.72. The Balaban J connectivity index is 1.99. The predicted octanol–water partition coefficient (Wildman–Crippen LogP) is 5.00. The fourth-order valence-electron chi connectivity index (χ4n) is 4.51. The standard InChI is InChI=1S/C22H21FO/c23-17-11-9-16(10-12-17)21-18-6-1-2-7-19(18)22(13-3-4-14-22)20(21)8-5-15-24/h1-2,5-12,24H,3-4,13-15H2/b8-5+. The number of hydrogen-bond acceptors (Lipinski definition) is 1. The molecule has 4 rings (SSSR count). The molecule has 1 fully saturated rings. The summed E-state index contributed by atoms with van der Waals surface area (Å²) in [5.74, 6) is -0.214. The van der Waals surface area contributed by atoms with E-state index in [1.165, 1.54) is 47.2 Å². The van der Waals surface area contributed by atoms with Crippen LogP contribution >= 0.6 is 0 Å². The second-order valence-corrected chi connectivity index (χ2v) is 6.72. The van der Waals surface area contributed by atoms with Crippen molar-refractivity contribution < 1.29 is 9.50 Å². The zero-order valence-electron chi connectivity index (χ0n) is 13.6. The first-order valence-corrected chi connectivity index (χ1v) is 8.64. The van der Waals surface area contributed by atoms with E-state index in [1.54, 1.807) is 0 Å². The highest BCUT2D eigenvalue weighted by molar-refractivity contribution is 5.91. The number of rotatable bonds is 3. The molecule has 1 saturated carbocycles. The number of benzene rings is 2. The van der Waals surface area contributed by atoms with E-state index in [-0.39, 0.29) is 17.8 Å². The minimum absolute atomic E-state index is 0.0343. The van der Waals surface area contributed by atoms with Gasteiger partial charge in [-0.15, -0.1) is 0 Å². The molecule has 2 aliphatic carbocycles. The lowest BCUT2D eigenvalue weighted by Crippen LogP contribution is -2.21. The SMILES string of the molecule is OC/C=C/C1=C(c2ccc(F)cc2)c2ccccc2C12CCCC2. The molecule has 2 aromatic rings. The van der Waals surface area contributed by atoms with Gasteiger partial charge >= 0.3 is 0 Å². The average Bonchev–Trinajstić information content (AvgIpc) is 3.20. The van der Waals surface area contributed by atoms with Crippen LogP contribution in [0, 0.1) is 5.82 Å². The first kappa shape index (κ1) is 15.3. The van der Waals surface area contributed by atoms with Crippen LogP contribution in [0.1, 0.15) is 42.4 Å². The van der Waals surface area contributed by atoms with Crippen molar-refractivity contribution in [3.05, 3.63) is 88.8 Å². The Kier molecular flexibility index (Phi) is 3.85. The van der Waals surface area contributed by atoms with Crippen molar-refractivity contribution in [3.63, 3.8) is 0 Å². The minimum Gasteiger partial charge on any atom is -0.392 e. The molecule has 0 heterocycles. The van der Waals surface area contributed by atoms with Crippen molar-refractivity contribution in [3.8, 4) is 0 Å². The number of aliphatic hydroxyl groups excluding tert-OH is 1. The van der Waals surface area contributed by atoms with Crippen LogP contribution in [0.5, 0.6) is 0 Å². The van der Waals surface area contributed by atoms with Gasteiger partial charge in [0.15, 0.2) is 0 Å². The predicted molar refractivity (Wildman–Crippen MR) is 95.2 cm³/mol. The van der Waals surface area contributed by atoms with E-state index in [1.807, 2.05) is 18.2 Å². The fraction of sp³-hybridized carbons (Fsp3) is 0.273. The Morgan fingerprint density at radius 2 is 1.71 bits per heavy atom. The van der Waals surface area contributed by atoms with E-state index < -0.39 is 0 Å². The molecule has 0 amide bonds. The molecule has 0 aromatic heterocycles. The number of halogens is 1. The lowest BCUT2D eigenvalue weighted by Gasteiger charge is -2.27. The van der Waals surface area contributed by atoms with Crippen LogP contribution < -0.4 is 0 Å². The van der Waals surface area contributed by atoms with Crippen molar-refractivity contribution in [1.29, 1.82) is 0 Å². The van der Waals surface area contributed by atoms with Crippen LogP contribution in [0.4, 0.5) is 4.39 Å². The third kappa shape index (κ3) is 2.25. The van der Waals surface area contributed by atoms with Crippen LogP contribution in [0.25, 0.3) is 5.57 Å². The Morgan fingerprint density at radius 3 is 2.42 bits per heavy atom. The highest BCUT2D eigenvalue weighted by Gasteiger charge is 2.45. The average molecular weight is 320 g/mol. The van der Waals surface area contributed by atoms with E-state index in [0.29, 0.717) is 0 Å². The molecule has 0 saturated heterocycles. The number of allylic oxidation sites excluding steroid dienone is 2. The van der Waals surface area contributed by atoms with Gasteiger partial charge in [0.05, 0.1) is 6.61 Å². The van der Waals surface area contributed by atoms with Gasteiger partial charge in [-0.1, -0.05) is 61.4 Å². The summed E-state index contributed by atoms with van der Waals surface area (Å²) in [4.78, 5) is 0. The first-order valence-electron chi connectivity index (χ1n) is 8.64. The topological polar surface area (TPSA) is 20.2 Å². The molecule has 0 aliphatic heterocycles. The smallest absolute Gasteiger partial charge is 0.123 e. The van der Waals surface area contributed by atoms with E-state index in [2.05, 4.69) is 30.3 Å². The van der Waals surface area contributed by atoms with Crippen LogP contribution in [0.3, 0.4) is 0 Å². The van der Waals surface area contributed by atoms with E-state index in [0.717, 1.165) is 18.4 Å². The van der Waals surface area contributed by atoms with Gasteiger partial charge in [-0.2, -0.15) is 0 Å². The van der Waals surface area contributed by atoms with Crippen molar-refractivity contribution in [2.45, 2.75) is 31.1 Å². The lowest BCUT2D eigenvalue weighted by atomic mass is 9.75. The molecule has 1 spiro atoms. The monoisotopic (exact) mass is 320 g/mol. The molecule has 1 nitrogen and oxygen atoms in total. The summed E-state index contributed by atoms with van der Waals surface area (Å²) >= 11 is 0. The second kappa shape index (κ2) is 6.03. The Labute approximate surface area is 142 Å². The minimum atomic E-state index is -0.214. The largest absolute Gasteiger partial charge is 0.392 e. The molecule has 0 radical (unpaired) electrons. The Hall–Kier alpha value is -2.19. The van der Waals surface area contributed by atoms with Crippen molar-refractivity contribution >= 4 is 5.57 Å². The molecular formula is C22H21FO. The quantitative estimate of drug-likeness (QED) is 0.843. The number of fused-ring (bicyclic) bond motifs is 2. The van der Waals surface area contributed by atoms with Crippen LogP contribution in [0.15, 0.2) is 66.3 Å². The summed E-state index contributed by atoms with van der Waals surface area (Å²) < 4.78 is 13.4. The maximum atomic E-state index is 13.4. The highest BCUT2D eigenvalue weighted by Crippen LogP contribution is 2.56. The van der Waals surface area contributed by atoms with Crippen LogP contribution in [-0.4, -0.2) is 11.7 Å². The Bertz CT molecular complexity index is 808. The van der Waals surface area contributed by atoms with Gasteiger partial charge < -0.3 is 5.11 Å². The maximum Gasteiger partial charge on any atom is 0.123 e. The summed E-state index contributed by atoms with van der Waals surface area (Å²) in [6.45, 7) is 0.0343. The van der Waals surface area contributed by atoms with E-state index >= 15 is 0 Å². The van der Waals surface area contributed by atoms with Crippen LogP contribution in [-0.2, 0) is 5.41 Å². The maximum absolute atomic E-state index is 13.4. The van der Waals surface area contributed by atoms with Gasteiger partial charge in [0, 0.05) is 5.41 Å². The third-order valence-corrected chi connectivity index (χ3v) is 5.48. The van der Waals surface area contributed by atoms with Crippen LogP contribution in [0.2, 0.25) is 0 Å². The van der Waals surface area contributed by atoms with Gasteiger partial charge in [0.1, 0.15) is 5.82 Å². The van der Waals surface area contributed by atoms with E-state index in [4.69, 9.17) is 0 Å². The summed E-state index contributed by atoms with van der Waals surface area (Å²) in [7, 11) is 0. The summed E-state index contributed by atoms with van der Waals surface area (Å²) in [5.41, 5.74) is 6.21. The number of aliphatic hydroxyl groups is 1. The molecule has 0 bridgehead atoms. The number of hydrogen-bond donors (Lipinski definition) is 1. The van der Waals surface area contributed by atoms with Gasteiger partial charge in [-0.3, -0.25) is 0 Å². The van der Waals surface area contributed by atoms with E-state index in [9.17, 15) is 9.50 Å². The molecule has 2 aliphatic rings. The van der Waals surface area contributed by atoms with Gasteiger partial charge in [0.2, 0.25) is 0 Å². The zero-order chi connectivity index (χ0) is 16.6. The highest BCUT2D eigenvalue weighted by atomic mass is 19.1. The van der Waals surface area contributed by atoms with Gasteiger partial charge in [-0.05, 0) is 52.8 Å². The van der Waals surface area contributed by atoms with Crippen molar-refractivity contribution in [2.24, 2.45) is 0 Å². The molecule has 24 heavy (non-hydrogen) atoms. The summed E-state index contributed by atoms with van der Waals surface area (Å²) in [6, 6.07) is 15.4. The first-order chi connectivity index (χ1) is 11.8. The fourth-order valence-corrected chi connectivity index (χ4v) is 4.51. The Morgan fingerprint density at radius 1 is 1.00 bits per heavy atom. The normalized spacial score (nSPS) is 18.8.